The number of primary amides is 1. The summed E-state index contributed by atoms with van der Waals surface area (Å²) < 4.78 is 10.2. The van der Waals surface area contributed by atoms with Crippen molar-refractivity contribution in [1.29, 1.82) is 0 Å². The monoisotopic (exact) mass is 1300 g/mol. The van der Waals surface area contributed by atoms with Gasteiger partial charge in [-0.05, 0) is 59.9 Å². The Labute approximate surface area is 522 Å². The molecule has 7 N–H and O–H groups in total. The summed E-state index contributed by atoms with van der Waals surface area (Å²) in [5, 5.41) is 44.9. The van der Waals surface area contributed by atoms with E-state index in [1.54, 1.807) is 86.1 Å². The van der Waals surface area contributed by atoms with E-state index in [-0.39, 0.29) is 58.1 Å². The lowest BCUT2D eigenvalue weighted by molar-refractivity contribution is -0.134. The average Bonchev–Trinajstić information content (AvgIpc) is 3.04. The van der Waals surface area contributed by atoms with Gasteiger partial charge in [-0.2, -0.15) is 0 Å². The van der Waals surface area contributed by atoms with Gasteiger partial charge in [-0.3, -0.25) is 28.8 Å². The molecule has 2 aromatic carbocycles. The lowest BCUT2D eigenvalue weighted by atomic mass is 10.00. The van der Waals surface area contributed by atoms with E-state index in [2.05, 4.69) is 40.9 Å². The normalized spacial score (nSPS) is 19.1. The van der Waals surface area contributed by atoms with Gasteiger partial charge in [0.2, 0.25) is 11.8 Å². The number of aliphatic hydroxyl groups excluding tert-OH is 2. The predicted molar refractivity (Wildman–Crippen MR) is 325 cm³/mol. The highest BCUT2D eigenvalue weighted by molar-refractivity contribution is 7.15. The van der Waals surface area contributed by atoms with Crippen LogP contribution >= 0.6 is 68.0 Å². The minimum atomic E-state index is -1.44. The number of pyridine rings is 1. The minimum absolute atomic E-state index is 0.0503. The number of hydrogen-bond acceptors (Lipinski definition) is 24. The Balaban J connectivity index is 1.01. The number of thiazole rings is 6. The van der Waals surface area contributed by atoms with Crippen LogP contribution in [0.3, 0.4) is 0 Å². The van der Waals surface area contributed by atoms with E-state index < -0.39 is 90.3 Å². The van der Waals surface area contributed by atoms with Crippen LogP contribution in [0.4, 0.5) is 4.79 Å². The summed E-state index contributed by atoms with van der Waals surface area (Å²) in [5.74, 6) is -4.90. The molecular formula is C56H47N15O11S6. The first-order valence-electron chi connectivity index (χ1n) is 26.7. The molecule has 0 radical (unpaired) electrons. The summed E-state index contributed by atoms with van der Waals surface area (Å²) in [6.07, 6.45) is -3.88. The standard InChI is InChI=1S/C56H47N15O11S6/c1-4-81-56(80)82-28-12-10-26(11-13-28)16-32-55(79)71-18-38(72)24(2)43(71)54-66-37(23-87-54)51-62-33(19-84-51)41-29(14-15-30(59-41)50-64-36(22-85-50)47(77)69-70-58)49-63-34(20-83-49)45(75)60-31(17-39(57)73)52-68-40(25(3)88-52)48(78)67-42(44(74)27-8-6-5-7-9-27)53-65-35(21-86-53)46(76)61-32/h5-15,19-24,31-32,38,42-44,72,74H,4,16-18H2,1-3H3,(H2,57,73)(H,60,75)(H,61,76)(H,67,78)/t24-,31-,32-,38-,42-,43-,44+/m0/s1. The fourth-order valence-electron chi connectivity index (χ4n) is 9.69. The third kappa shape index (κ3) is 13.0. The van der Waals surface area contributed by atoms with Crippen molar-refractivity contribution in [2.45, 2.75) is 70.0 Å². The Kier molecular flexibility index (Phi) is 17.9. The van der Waals surface area contributed by atoms with E-state index in [9.17, 15) is 39.0 Å². The van der Waals surface area contributed by atoms with Gasteiger partial charge in [0.05, 0.1) is 36.9 Å². The number of azide groups is 1. The number of carbonyl (C=O) groups is 7. The molecule has 88 heavy (non-hydrogen) atoms. The molecule has 10 bridgehead atoms. The summed E-state index contributed by atoms with van der Waals surface area (Å²) >= 11 is 6.66. The SMILES string of the molecule is CCOC(=O)Oc1ccc(C[C@@H]2NC(=O)c3csc(n3)[C@H]([C@H](O)c3ccccc3)NC(=O)c3nc(sc3C)[C@H](CC(N)=O)NC(=O)c3csc(n3)-c3ccc(-c4nc(C(=O)N=[N+]=[N-])cs4)nc3-c3csc(n3)-c3csc(n3)[C@@H]3[C@@H](C)[C@@H](O)CN3C2=O)cc1. The molecule has 7 atom stereocenters. The van der Waals surface area contributed by atoms with Gasteiger partial charge in [-0.15, -0.1) is 68.0 Å². The van der Waals surface area contributed by atoms with Crippen LogP contribution in [0, 0.1) is 12.8 Å². The minimum Gasteiger partial charge on any atom is -0.434 e. The van der Waals surface area contributed by atoms with E-state index in [1.165, 1.54) is 55.8 Å². The second-order valence-electron chi connectivity index (χ2n) is 19.8. The number of aromatic nitrogens is 7. The van der Waals surface area contributed by atoms with Crippen molar-refractivity contribution in [2.24, 2.45) is 16.8 Å². The summed E-state index contributed by atoms with van der Waals surface area (Å²) in [5.41, 5.74) is 17.0. The summed E-state index contributed by atoms with van der Waals surface area (Å²) in [7, 11) is 0. The summed E-state index contributed by atoms with van der Waals surface area (Å²) in [6, 6.07) is 13.5. The van der Waals surface area contributed by atoms with Crippen molar-refractivity contribution in [3.05, 3.63) is 158 Å². The molecule has 1 saturated heterocycles. The molecule has 6 amide bonds. The second kappa shape index (κ2) is 26.1. The third-order valence-corrected chi connectivity index (χ3v) is 19.6. The van der Waals surface area contributed by atoms with Crippen LogP contribution in [0.5, 0.6) is 5.75 Å². The number of rotatable bonds is 10. The van der Waals surface area contributed by atoms with Crippen LogP contribution in [0.15, 0.2) is 98.7 Å². The Morgan fingerprint density at radius 3 is 2.15 bits per heavy atom. The Hall–Kier alpha value is -9.11. The highest BCUT2D eigenvalue weighted by Gasteiger charge is 2.45. The first kappa shape index (κ1) is 60.6. The molecule has 7 aromatic heterocycles. The molecule has 11 rings (SSSR count). The predicted octanol–water partition coefficient (Wildman–Crippen LogP) is 8.57. The van der Waals surface area contributed by atoms with Gasteiger partial charge in [0.25, 0.3) is 23.6 Å². The number of carbonyl (C=O) groups excluding carboxylic acids is 7. The number of aliphatic hydroxyl groups is 2. The van der Waals surface area contributed by atoms with Crippen molar-refractivity contribution in [2.75, 3.05) is 13.2 Å². The maximum Gasteiger partial charge on any atom is 0.513 e. The third-order valence-electron chi connectivity index (χ3n) is 14.0. The average molecular weight is 1300 g/mol. The molecule has 0 spiro atoms. The Morgan fingerprint density at radius 1 is 0.739 bits per heavy atom. The molecule has 9 aromatic rings. The summed E-state index contributed by atoms with van der Waals surface area (Å²) in [4.78, 5) is 134. The number of aryl methyl sites for hydroxylation is 1. The van der Waals surface area contributed by atoms with Crippen LogP contribution < -0.4 is 26.4 Å². The second-order valence-corrected chi connectivity index (χ2v) is 25.4. The number of fused-ring (bicyclic) bond motifs is 16. The van der Waals surface area contributed by atoms with Crippen LogP contribution in [0.2, 0.25) is 0 Å². The molecule has 32 heteroatoms. The van der Waals surface area contributed by atoms with Gasteiger partial charge in [0.15, 0.2) is 0 Å². The van der Waals surface area contributed by atoms with Crippen molar-refractivity contribution in [3.8, 4) is 49.1 Å². The van der Waals surface area contributed by atoms with Gasteiger partial charge in [-0.25, -0.2) is 39.7 Å². The first-order valence-corrected chi connectivity index (χ1v) is 31.9. The molecule has 1 fully saturated rings. The van der Waals surface area contributed by atoms with Crippen LogP contribution in [-0.4, -0.2) is 117 Å². The lowest BCUT2D eigenvalue weighted by Crippen LogP contribution is -2.50. The van der Waals surface area contributed by atoms with Gasteiger partial charge < -0.3 is 46.3 Å². The Bertz CT molecular complexity index is 4210. The van der Waals surface area contributed by atoms with E-state index in [4.69, 9.17) is 40.7 Å². The molecule has 2 aliphatic heterocycles. The van der Waals surface area contributed by atoms with Crippen molar-refractivity contribution in [3.63, 3.8) is 0 Å². The van der Waals surface area contributed by atoms with Crippen LogP contribution in [0.25, 0.3) is 53.8 Å². The molecule has 2 aliphatic rings. The zero-order valence-electron chi connectivity index (χ0n) is 46.1. The number of ether oxygens (including phenoxy) is 2. The molecule has 26 nitrogen and oxygen atoms in total. The van der Waals surface area contributed by atoms with Gasteiger partial charge in [-0.1, -0.05) is 49.4 Å². The van der Waals surface area contributed by atoms with Crippen molar-refractivity contribution in [1.82, 2.24) is 55.7 Å². The highest BCUT2D eigenvalue weighted by Crippen LogP contribution is 2.43. The number of nitrogens with two attached hydrogens (primary N) is 1. The topological polar surface area (TPSA) is 383 Å². The van der Waals surface area contributed by atoms with Gasteiger partial charge >= 0.3 is 6.16 Å². The molecule has 9 heterocycles. The fourth-order valence-corrected chi connectivity index (χ4v) is 15.0. The van der Waals surface area contributed by atoms with Crippen molar-refractivity contribution < 1.29 is 53.2 Å². The van der Waals surface area contributed by atoms with Crippen LogP contribution in [0.1, 0.15) is 117 Å². The van der Waals surface area contributed by atoms with Crippen LogP contribution in [-0.2, 0) is 20.7 Å². The molecular weight excluding hydrogens is 1250 g/mol. The lowest BCUT2D eigenvalue weighted by Gasteiger charge is -2.29. The van der Waals surface area contributed by atoms with E-state index in [0.29, 0.717) is 64.4 Å². The zero-order valence-corrected chi connectivity index (χ0v) is 51.0. The number of hydrogen-bond donors (Lipinski definition) is 6. The fraction of sp³-hybridized carbons (Fsp3) is 0.250. The Morgan fingerprint density at radius 2 is 1.40 bits per heavy atom. The molecule has 0 aliphatic carbocycles. The zero-order chi connectivity index (χ0) is 61.9. The van der Waals surface area contributed by atoms with E-state index >= 15 is 4.79 Å². The van der Waals surface area contributed by atoms with Gasteiger partial charge in [0.1, 0.15) is 93.8 Å². The number of nitrogens with zero attached hydrogens (tertiary/aromatic N) is 11. The summed E-state index contributed by atoms with van der Waals surface area (Å²) in [6.45, 7) is 5.01. The van der Waals surface area contributed by atoms with E-state index in [0.717, 1.165) is 45.3 Å². The quantitative estimate of drug-likeness (QED) is 0.0245. The van der Waals surface area contributed by atoms with Gasteiger partial charge in [0, 0.05) is 61.1 Å². The maximum absolute atomic E-state index is 15.3. The van der Waals surface area contributed by atoms with Crippen molar-refractivity contribution >= 4 is 110 Å². The largest absolute Gasteiger partial charge is 0.513 e. The maximum atomic E-state index is 15.3. The molecule has 0 unspecified atom stereocenters. The number of nitrogens with one attached hydrogen (secondary N) is 3. The highest BCUT2D eigenvalue weighted by atomic mass is 32.1. The number of amides is 6. The van der Waals surface area contributed by atoms with E-state index in [1.807, 2.05) is 0 Å². The smallest absolute Gasteiger partial charge is 0.434 e. The first-order chi connectivity index (χ1) is 42.4. The molecule has 0 saturated carbocycles. The molecule has 448 valence electrons. The number of benzene rings is 2.